The number of rotatable bonds is 11. The van der Waals surface area contributed by atoms with Crippen molar-refractivity contribution in [2.45, 2.75) is 97.4 Å². The molecule has 222 valence electrons. The van der Waals surface area contributed by atoms with Gasteiger partial charge in [-0.3, -0.25) is 24.1 Å². The van der Waals surface area contributed by atoms with Gasteiger partial charge in [0.1, 0.15) is 24.2 Å². The maximum absolute atomic E-state index is 13.9. The molecule has 0 aromatic carbocycles. The fourth-order valence-corrected chi connectivity index (χ4v) is 6.08. The van der Waals surface area contributed by atoms with Gasteiger partial charge in [-0.2, -0.15) is 0 Å². The quantitative estimate of drug-likeness (QED) is 0.395. The van der Waals surface area contributed by atoms with E-state index in [1.54, 1.807) is 7.05 Å². The van der Waals surface area contributed by atoms with Gasteiger partial charge in [0, 0.05) is 20.1 Å². The van der Waals surface area contributed by atoms with Gasteiger partial charge in [0.2, 0.25) is 23.6 Å². The first kappa shape index (κ1) is 32.5. The minimum atomic E-state index is -1.03. The van der Waals surface area contributed by atoms with Gasteiger partial charge >= 0.3 is 5.97 Å². The molecule has 2 N–H and O–H groups in total. The Morgan fingerprint density at radius 3 is 1.74 bits per heavy atom. The Balaban J connectivity index is 2.27. The highest BCUT2D eigenvalue weighted by Gasteiger charge is 2.45. The zero-order valence-corrected chi connectivity index (χ0v) is 25.1. The predicted molar refractivity (Wildman–Crippen MR) is 148 cm³/mol. The highest BCUT2D eigenvalue weighted by Crippen LogP contribution is 2.27. The molecule has 0 aromatic heterocycles. The van der Waals surface area contributed by atoms with E-state index in [9.17, 15) is 29.1 Å². The molecule has 0 saturated carbocycles. The summed E-state index contributed by atoms with van der Waals surface area (Å²) in [5.41, 5.74) is 0. The van der Waals surface area contributed by atoms with Gasteiger partial charge in [-0.05, 0) is 57.5 Å². The fraction of sp³-hybridized carbons (Fsp3) is 0.821. The van der Waals surface area contributed by atoms with Crippen molar-refractivity contribution in [3.63, 3.8) is 0 Å². The van der Waals surface area contributed by atoms with Crippen molar-refractivity contribution in [1.29, 1.82) is 0 Å². The monoisotopic (exact) mass is 551 g/mol. The van der Waals surface area contributed by atoms with Gasteiger partial charge in [-0.1, -0.05) is 41.5 Å². The van der Waals surface area contributed by atoms with E-state index in [0.717, 1.165) is 0 Å². The number of hydrogen-bond donors (Lipinski definition) is 2. The molecule has 0 aromatic rings. The number of aliphatic carboxylic acids is 1. The molecule has 5 atom stereocenters. The van der Waals surface area contributed by atoms with Crippen LogP contribution in [0.5, 0.6) is 0 Å². The van der Waals surface area contributed by atoms with Crippen LogP contribution in [0.1, 0.15) is 67.2 Å². The molecule has 11 nitrogen and oxygen atoms in total. The number of carboxylic acids is 1. The van der Waals surface area contributed by atoms with Gasteiger partial charge in [0.15, 0.2) is 0 Å². The third-order valence-electron chi connectivity index (χ3n) is 7.98. The largest absolute Gasteiger partial charge is 0.480 e. The molecular weight excluding hydrogens is 502 g/mol. The third kappa shape index (κ3) is 7.29. The normalized spacial score (nSPS) is 22.0. The summed E-state index contributed by atoms with van der Waals surface area (Å²) < 4.78 is 0. The molecule has 2 fully saturated rings. The molecule has 4 amide bonds. The Labute approximate surface area is 233 Å². The summed E-state index contributed by atoms with van der Waals surface area (Å²) in [6.45, 7) is 12.0. The van der Waals surface area contributed by atoms with Gasteiger partial charge < -0.3 is 25.1 Å². The minimum Gasteiger partial charge on any atom is -0.480 e. The second-order valence-corrected chi connectivity index (χ2v) is 12.2. The standard InChI is InChI=1S/C28H49N5O6/c1-16(2)21(29-24(34)22(17(3)4)30(7)8)26(36)31(9)23(18(5)6)27(37)32-14-10-12-19(32)25(35)33-15-11-13-20(33)28(38)39/h16-23H,10-15H2,1-9H3,(H,29,34)(H,38,39)/t19-,20-,21?,22?,23?/m0/s1. The maximum Gasteiger partial charge on any atom is 0.326 e. The van der Waals surface area contributed by atoms with Crippen LogP contribution < -0.4 is 5.32 Å². The Kier molecular flexibility index (Phi) is 11.3. The number of likely N-dealkylation sites (N-methyl/N-ethyl adjacent to an activating group) is 2. The molecule has 2 aliphatic rings. The number of nitrogens with one attached hydrogen (secondary N) is 1. The summed E-state index contributed by atoms with van der Waals surface area (Å²) >= 11 is 0. The second kappa shape index (κ2) is 13.6. The van der Waals surface area contributed by atoms with Crippen molar-refractivity contribution in [2.75, 3.05) is 34.2 Å². The van der Waals surface area contributed by atoms with Crippen molar-refractivity contribution in [3.05, 3.63) is 0 Å². The molecule has 2 heterocycles. The lowest BCUT2D eigenvalue weighted by Crippen LogP contribution is -2.61. The number of likely N-dealkylation sites (tertiary alicyclic amines) is 2. The van der Waals surface area contributed by atoms with Crippen molar-refractivity contribution in [3.8, 4) is 0 Å². The van der Waals surface area contributed by atoms with E-state index in [4.69, 9.17) is 0 Å². The molecular formula is C28H49N5O6. The summed E-state index contributed by atoms with van der Waals surface area (Å²) in [4.78, 5) is 72.1. The topological polar surface area (TPSA) is 131 Å². The third-order valence-corrected chi connectivity index (χ3v) is 7.98. The number of amides is 4. The second-order valence-electron chi connectivity index (χ2n) is 12.2. The summed E-state index contributed by atoms with van der Waals surface area (Å²) in [5, 5.41) is 12.5. The van der Waals surface area contributed by atoms with Crippen LogP contribution in [0.3, 0.4) is 0 Å². The van der Waals surface area contributed by atoms with Crippen molar-refractivity contribution < 1.29 is 29.1 Å². The summed E-state index contributed by atoms with van der Waals surface area (Å²) in [5.74, 6) is -2.74. The van der Waals surface area contributed by atoms with E-state index in [1.165, 1.54) is 14.7 Å². The van der Waals surface area contributed by atoms with Crippen LogP contribution in [0.25, 0.3) is 0 Å². The average Bonchev–Trinajstić information content (AvgIpc) is 3.50. The lowest BCUT2D eigenvalue weighted by Gasteiger charge is -2.38. The van der Waals surface area contributed by atoms with E-state index in [-0.39, 0.29) is 41.4 Å². The number of carbonyl (C=O) groups is 5. The molecule has 0 radical (unpaired) electrons. The van der Waals surface area contributed by atoms with Crippen LogP contribution in [0, 0.1) is 17.8 Å². The molecule has 2 saturated heterocycles. The van der Waals surface area contributed by atoms with Crippen LogP contribution in [0.2, 0.25) is 0 Å². The van der Waals surface area contributed by atoms with Gasteiger partial charge in [-0.25, -0.2) is 4.79 Å². The van der Waals surface area contributed by atoms with E-state index < -0.39 is 36.2 Å². The molecule has 0 spiro atoms. The van der Waals surface area contributed by atoms with Crippen molar-refractivity contribution in [2.24, 2.45) is 17.8 Å². The molecule has 39 heavy (non-hydrogen) atoms. The Morgan fingerprint density at radius 2 is 1.28 bits per heavy atom. The zero-order valence-electron chi connectivity index (χ0n) is 25.1. The van der Waals surface area contributed by atoms with Gasteiger partial charge in [-0.15, -0.1) is 0 Å². The van der Waals surface area contributed by atoms with E-state index in [2.05, 4.69) is 5.32 Å². The van der Waals surface area contributed by atoms with Crippen LogP contribution in [-0.2, 0) is 24.0 Å². The summed E-state index contributed by atoms with van der Waals surface area (Å²) in [7, 11) is 5.22. The minimum absolute atomic E-state index is 0.0339. The SMILES string of the molecule is CC(C)C(NC(=O)C(C(C)C)N(C)C)C(=O)N(C)C(C(=O)N1CCC[C@H]1C(=O)N1CCC[C@H]1C(=O)O)C(C)C. The van der Waals surface area contributed by atoms with Crippen LogP contribution in [0.4, 0.5) is 0 Å². The number of hydrogen-bond acceptors (Lipinski definition) is 6. The average molecular weight is 552 g/mol. The number of carbonyl (C=O) groups excluding carboxylic acids is 4. The zero-order chi connectivity index (χ0) is 29.8. The summed E-state index contributed by atoms with van der Waals surface area (Å²) in [6.07, 6.45) is 2.11. The molecule has 0 bridgehead atoms. The fourth-order valence-electron chi connectivity index (χ4n) is 6.08. The summed E-state index contributed by atoms with van der Waals surface area (Å²) in [6, 6.07) is -3.69. The molecule has 0 aliphatic carbocycles. The maximum atomic E-state index is 13.9. The highest BCUT2D eigenvalue weighted by molar-refractivity contribution is 5.96. The first-order valence-electron chi connectivity index (χ1n) is 14.2. The van der Waals surface area contributed by atoms with Crippen LogP contribution in [-0.4, -0.2) is 119 Å². The number of nitrogens with zero attached hydrogens (tertiary/aromatic N) is 4. The Hall–Kier alpha value is -2.69. The molecule has 3 unspecified atom stereocenters. The smallest absolute Gasteiger partial charge is 0.326 e. The van der Waals surface area contributed by atoms with E-state index in [1.807, 2.05) is 60.5 Å². The molecule has 2 rings (SSSR count). The van der Waals surface area contributed by atoms with Crippen molar-refractivity contribution >= 4 is 29.6 Å². The predicted octanol–water partition coefficient (Wildman–Crippen LogP) is 1.26. The molecule has 2 aliphatic heterocycles. The van der Waals surface area contributed by atoms with Crippen molar-refractivity contribution in [1.82, 2.24) is 24.9 Å². The number of carboxylic acid groups (broad SMARTS) is 1. The van der Waals surface area contributed by atoms with E-state index in [0.29, 0.717) is 38.8 Å². The molecule has 11 heteroatoms. The lowest BCUT2D eigenvalue weighted by atomic mass is 9.96. The first-order valence-corrected chi connectivity index (χ1v) is 14.2. The first-order chi connectivity index (χ1) is 18.1. The lowest BCUT2D eigenvalue weighted by molar-refractivity contribution is -0.155. The Bertz CT molecular complexity index is 912. The highest BCUT2D eigenvalue weighted by atomic mass is 16.4. The Morgan fingerprint density at radius 1 is 0.769 bits per heavy atom. The van der Waals surface area contributed by atoms with Crippen LogP contribution >= 0.6 is 0 Å². The van der Waals surface area contributed by atoms with Crippen LogP contribution in [0.15, 0.2) is 0 Å². The van der Waals surface area contributed by atoms with Gasteiger partial charge in [0.25, 0.3) is 0 Å². The van der Waals surface area contributed by atoms with Gasteiger partial charge in [0.05, 0.1) is 6.04 Å². The van der Waals surface area contributed by atoms with E-state index >= 15 is 0 Å².